The van der Waals surface area contributed by atoms with Crippen molar-refractivity contribution in [3.63, 3.8) is 0 Å². The molecule has 0 nitrogen and oxygen atoms in total. The lowest BCUT2D eigenvalue weighted by atomic mass is 9.75. The fourth-order valence-corrected chi connectivity index (χ4v) is 3.38. The van der Waals surface area contributed by atoms with Crippen LogP contribution in [0.3, 0.4) is 0 Å². The van der Waals surface area contributed by atoms with E-state index >= 15 is 0 Å². The highest BCUT2D eigenvalue weighted by atomic mass is 14.3. The molecule has 0 bridgehead atoms. The van der Waals surface area contributed by atoms with Crippen LogP contribution < -0.4 is 0 Å². The summed E-state index contributed by atoms with van der Waals surface area (Å²) in [5.74, 6) is 3.15. The maximum Gasteiger partial charge on any atom is -0.0409 e. The number of hydrogen-bond acceptors (Lipinski definition) is 0. The van der Waals surface area contributed by atoms with E-state index in [1.54, 1.807) is 6.42 Å². The van der Waals surface area contributed by atoms with Crippen molar-refractivity contribution in [2.45, 2.75) is 78.6 Å². The molecule has 2 unspecified atom stereocenters. The van der Waals surface area contributed by atoms with Crippen LogP contribution in [0.4, 0.5) is 0 Å². The third kappa shape index (κ3) is 4.57. The van der Waals surface area contributed by atoms with Crippen molar-refractivity contribution in [1.82, 2.24) is 0 Å². The van der Waals surface area contributed by atoms with E-state index in [0.29, 0.717) is 0 Å². The van der Waals surface area contributed by atoms with Crippen molar-refractivity contribution in [3.05, 3.63) is 0 Å². The Kier molecular flexibility index (Phi) is 6.36. The number of hydrogen-bond donors (Lipinski definition) is 0. The summed E-state index contributed by atoms with van der Waals surface area (Å²) in [7, 11) is 0. The van der Waals surface area contributed by atoms with Crippen LogP contribution >= 0.6 is 0 Å². The molecule has 0 aromatic carbocycles. The molecular formula is C15H30. The Morgan fingerprint density at radius 2 is 1.67 bits per heavy atom. The van der Waals surface area contributed by atoms with E-state index < -0.39 is 0 Å². The Labute approximate surface area is 96.8 Å². The normalized spacial score (nSPS) is 27.2. The zero-order valence-electron chi connectivity index (χ0n) is 11.1. The van der Waals surface area contributed by atoms with Crippen molar-refractivity contribution in [1.29, 1.82) is 0 Å². The Balaban J connectivity index is 2.28. The average molecular weight is 210 g/mol. The third-order valence-electron chi connectivity index (χ3n) is 4.41. The summed E-state index contributed by atoms with van der Waals surface area (Å²) in [4.78, 5) is 0. The van der Waals surface area contributed by atoms with Gasteiger partial charge in [-0.25, -0.2) is 0 Å². The molecule has 0 heteroatoms. The van der Waals surface area contributed by atoms with Gasteiger partial charge >= 0.3 is 0 Å². The van der Waals surface area contributed by atoms with Crippen LogP contribution in [-0.4, -0.2) is 0 Å². The zero-order chi connectivity index (χ0) is 11.1. The van der Waals surface area contributed by atoms with Crippen molar-refractivity contribution in [2.24, 2.45) is 17.8 Å². The zero-order valence-corrected chi connectivity index (χ0v) is 11.1. The summed E-state index contributed by atoms with van der Waals surface area (Å²) in [5, 5.41) is 0. The Hall–Kier alpha value is 0. The molecule has 0 aliphatic heterocycles. The van der Waals surface area contributed by atoms with Gasteiger partial charge in [0.15, 0.2) is 0 Å². The molecule has 0 saturated heterocycles. The van der Waals surface area contributed by atoms with E-state index in [0.717, 1.165) is 17.8 Å². The summed E-state index contributed by atoms with van der Waals surface area (Å²) in [6.07, 6.45) is 13.3. The van der Waals surface area contributed by atoms with Gasteiger partial charge in [0.25, 0.3) is 0 Å². The Morgan fingerprint density at radius 1 is 1.00 bits per heavy atom. The second-order valence-electron chi connectivity index (χ2n) is 5.61. The SMILES string of the molecule is CCCC1CCCC(CC(CC)CC)C1. The minimum atomic E-state index is 1.01. The van der Waals surface area contributed by atoms with Crippen molar-refractivity contribution < 1.29 is 0 Å². The third-order valence-corrected chi connectivity index (χ3v) is 4.41. The largest absolute Gasteiger partial charge is 0.0654 e. The molecular weight excluding hydrogens is 180 g/mol. The quantitative estimate of drug-likeness (QED) is 0.549. The van der Waals surface area contributed by atoms with Crippen molar-refractivity contribution in [3.8, 4) is 0 Å². The van der Waals surface area contributed by atoms with E-state index in [1.165, 1.54) is 51.4 Å². The smallest absolute Gasteiger partial charge is 0.0409 e. The number of rotatable bonds is 6. The fraction of sp³-hybridized carbons (Fsp3) is 1.00. The molecule has 0 amide bonds. The summed E-state index contributed by atoms with van der Waals surface area (Å²) >= 11 is 0. The van der Waals surface area contributed by atoms with Gasteiger partial charge in [-0.15, -0.1) is 0 Å². The summed E-state index contributed by atoms with van der Waals surface area (Å²) in [6.45, 7) is 7.06. The molecule has 0 N–H and O–H groups in total. The molecule has 0 aromatic heterocycles. The molecule has 0 aromatic rings. The summed E-state index contributed by atoms with van der Waals surface area (Å²) < 4.78 is 0. The minimum Gasteiger partial charge on any atom is -0.0654 e. The van der Waals surface area contributed by atoms with Crippen LogP contribution in [0.2, 0.25) is 0 Å². The first-order chi connectivity index (χ1) is 7.30. The van der Waals surface area contributed by atoms with E-state index in [9.17, 15) is 0 Å². The van der Waals surface area contributed by atoms with Crippen molar-refractivity contribution in [2.75, 3.05) is 0 Å². The second-order valence-corrected chi connectivity index (χ2v) is 5.61. The Bertz CT molecular complexity index is 144. The lowest BCUT2D eigenvalue weighted by Crippen LogP contribution is -2.18. The van der Waals surface area contributed by atoms with Gasteiger partial charge in [0.05, 0.1) is 0 Å². The predicted molar refractivity (Wildman–Crippen MR) is 69.0 cm³/mol. The van der Waals surface area contributed by atoms with E-state index in [-0.39, 0.29) is 0 Å². The molecule has 90 valence electrons. The first kappa shape index (κ1) is 13.1. The average Bonchev–Trinajstić information content (AvgIpc) is 2.27. The van der Waals surface area contributed by atoms with Crippen LogP contribution in [0.1, 0.15) is 78.6 Å². The first-order valence-electron chi connectivity index (χ1n) is 7.30. The monoisotopic (exact) mass is 210 g/mol. The van der Waals surface area contributed by atoms with E-state index in [2.05, 4.69) is 20.8 Å². The van der Waals surface area contributed by atoms with Gasteiger partial charge in [0, 0.05) is 0 Å². The lowest BCUT2D eigenvalue weighted by molar-refractivity contribution is 0.213. The molecule has 1 fully saturated rings. The van der Waals surface area contributed by atoms with Gasteiger partial charge in [-0.2, -0.15) is 0 Å². The van der Waals surface area contributed by atoms with E-state index in [1.807, 2.05) is 0 Å². The highest BCUT2D eigenvalue weighted by molar-refractivity contribution is 4.75. The second kappa shape index (κ2) is 7.30. The van der Waals surface area contributed by atoms with Gasteiger partial charge in [-0.05, 0) is 30.6 Å². The first-order valence-corrected chi connectivity index (χ1v) is 7.30. The van der Waals surface area contributed by atoms with Crippen LogP contribution in [-0.2, 0) is 0 Å². The van der Waals surface area contributed by atoms with Crippen LogP contribution in [0, 0.1) is 17.8 Å². The molecule has 1 aliphatic rings. The molecule has 15 heavy (non-hydrogen) atoms. The molecule has 0 spiro atoms. The summed E-state index contributed by atoms with van der Waals surface area (Å²) in [5.41, 5.74) is 0. The molecule has 0 radical (unpaired) electrons. The fourth-order valence-electron chi connectivity index (χ4n) is 3.38. The van der Waals surface area contributed by atoms with Crippen LogP contribution in [0.25, 0.3) is 0 Å². The van der Waals surface area contributed by atoms with Gasteiger partial charge in [0.2, 0.25) is 0 Å². The molecule has 1 rings (SSSR count). The van der Waals surface area contributed by atoms with Gasteiger partial charge in [0.1, 0.15) is 0 Å². The van der Waals surface area contributed by atoms with Crippen LogP contribution in [0.5, 0.6) is 0 Å². The molecule has 1 aliphatic carbocycles. The topological polar surface area (TPSA) is 0 Å². The standard InChI is InChI=1S/C15H30/c1-4-8-14-9-7-10-15(12-14)11-13(5-2)6-3/h13-15H,4-12H2,1-3H3. The van der Waals surface area contributed by atoms with Gasteiger partial charge in [-0.3, -0.25) is 0 Å². The van der Waals surface area contributed by atoms with Gasteiger partial charge < -0.3 is 0 Å². The Morgan fingerprint density at radius 3 is 2.27 bits per heavy atom. The predicted octanol–water partition coefficient (Wildman–Crippen LogP) is 5.42. The highest BCUT2D eigenvalue weighted by Crippen LogP contribution is 2.36. The van der Waals surface area contributed by atoms with E-state index in [4.69, 9.17) is 0 Å². The highest BCUT2D eigenvalue weighted by Gasteiger charge is 2.22. The summed E-state index contributed by atoms with van der Waals surface area (Å²) in [6, 6.07) is 0. The maximum absolute atomic E-state index is 2.36. The van der Waals surface area contributed by atoms with Gasteiger partial charge in [-0.1, -0.05) is 65.7 Å². The minimum absolute atomic E-state index is 1.01. The van der Waals surface area contributed by atoms with Crippen LogP contribution in [0.15, 0.2) is 0 Å². The molecule has 0 heterocycles. The molecule has 2 atom stereocenters. The maximum atomic E-state index is 2.36. The lowest BCUT2D eigenvalue weighted by Gasteiger charge is -2.31. The molecule has 1 saturated carbocycles. The van der Waals surface area contributed by atoms with Crippen molar-refractivity contribution >= 4 is 0 Å².